The Morgan fingerprint density at radius 3 is 2.85 bits per heavy atom. The Bertz CT molecular complexity index is 1050. The summed E-state index contributed by atoms with van der Waals surface area (Å²) in [5, 5.41) is 9.45. The number of nitrogens with two attached hydrogens (primary N) is 1. The van der Waals surface area contributed by atoms with Crippen molar-refractivity contribution in [3.05, 3.63) is 59.4 Å². The number of anilines is 2. The van der Waals surface area contributed by atoms with E-state index in [1.54, 1.807) is 18.2 Å². The van der Waals surface area contributed by atoms with Gasteiger partial charge in [-0.2, -0.15) is 4.72 Å². The molecular formula is C17H14ClN5O2S2. The first-order valence-corrected chi connectivity index (χ1v) is 10.4. The summed E-state index contributed by atoms with van der Waals surface area (Å²) in [5.41, 5.74) is 6.86. The van der Waals surface area contributed by atoms with Gasteiger partial charge in [-0.3, -0.25) is 0 Å². The number of H-pyrrole nitrogens is 1. The highest BCUT2D eigenvalue weighted by Crippen LogP contribution is 2.34. The monoisotopic (exact) mass is 419 g/mol. The Labute approximate surface area is 167 Å². The zero-order valence-corrected chi connectivity index (χ0v) is 16.2. The fourth-order valence-electron chi connectivity index (χ4n) is 2.43. The second-order valence-corrected chi connectivity index (χ2v) is 8.16. The van der Waals surface area contributed by atoms with E-state index in [-0.39, 0.29) is 5.95 Å². The highest BCUT2D eigenvalue weighted by Gasteiger charge is 2.20. The largest absolute Gasteiger partial charge is 0.585 e. The molecule has 0 saturated carbocycles. The summed E-state index contributed by atoms with van der Waals surface area (Å²) in [6.07, 6.45) is 0. The number of aromatic amines is 1. The Morgan fingerprint density at radius 2 is 2.07 bits per heavy atom. The topological polar surface area (TPSA) is 116 Å². The number of furan rings is 1. The number of rotatable bonds is 6. The molecule has 138 valence electrons. The molecule has 7 nitrogen and oxygen atoms in total. The van der Waals surface area contributed by atoms with Gasteiger partial charge in [0.25, 0.3) is 0 Å². The van der Waals surface area contributed by atoms with Crippen LogP contribution in [-0.2, 0) is 17.1 Å². The lowest BCUT2D eigenvalue weighted by molar-refractivity contribution is 0.484. The second-order valence-electron chi connectivity index (χ2n) is 5.56. The number of thioether (sulfide) groups is 1. The third kappa shape index (κ3) is 4.16. The quantitative estimate of drug-likeness (QED) is 0.316. The van der Waals surface area contributed by atoms with Crippen molar-refractivity contribution in [1.29, 1.82) is 0 Å². The second kappa shape index (κ2) is 7.73. The third-order valence-electron chi connectivity index (χ3n) is 3.65. The Kier molecular flexibility index (Phi) is 5.17. The zero-order valence-electron chi connectivity index (χ0n) is 13.8. The maximum absolute atomic E-state index is 12.7. The summed E-state index contributed by atoms with van der Waals surface area (Å²) in [5.74, 6) is 1.44. The molecular weight excluding hydrogens is 406 g/mol. The predicted octanol–water partition coefficient (Wildman–Crippen LogP) is 4.21. The number of aromatic nitrogens is 3. The van der Waals surface area contributed by atoms with E-state index in [2.05, 4.69) is 19.9 Å². The minimum absolute atomic E-state index is 0.269. The zero-order chi connectivity index (χ0) is 18.8. The van der Waals surface area contributed by atoms with Crippen LogP contribution in [0.15, 0.2) is 62.9 Å². The van der Waals surface area contributed by atoms with Gasteiger partial charge in [0.1, 0.15) is 22.8 Å². The van der Waals surface area contributed by atoms with Crippen molar-refractivity contribution in [2.24, 2.45) is 0 Å². The molecule has 27 heavy (non-hydrogen) atoms. The van der Waals surface area contributed by atoms with Crippen LogP contribution in [0.4, 0.5) is 11.6 Å². The molecule has 0 aliphatic rings. The predicted molar refractivity (Wildman–Crippen MR) is 108 cm³/mol. The molecule has 0 amide bonds. The summed E-state index contributed by atoms with van der Waals surface area (Å²) in [4.78, 5) is 3.73. The Hall–Kier alpha value is -2.33. The molecule has 0 fully saturated rings. The van der Waals surface area contributed by atoms with Crippen LogP contribution in [0.3, 0.4) is 0 Å². The number of halogens is 1. The van der Waals surface area contributed by atoms with Gasteiger partial charge in [-0.1, -0.05) is 29.8 Å². The lowest BCUT2D eigenvalue weighted by Crippen LogP contribution is -2.12. The van der Waals surface area contributed by atoms with E-state index in [0.29, 0.717) is 33.0 Å². The van der Waals surface area contributed by atoms with E-state index in [4.69, 9.17) is 21.8 Å². The van der Waals surface area contributed by atoms with Crippen molar-refractivity contribution >= 4 is 57.3 Å². The molecule has 0 aliphatic carbocycles. The Morgan fingerprint density at radius 1 is 1.22 bits per heavy atom. The normalized spacial score (nSPS) is 12.4. The maximum Gasteiger partial charge on any atom is 0.339 e. The first-order chi connectivity index (χ1) is 13.1. The van der Waals surface area contributed by atoms with E-state index >= 15 is 0 Å². The number of fused-ring (bicyclic) bond motifs is 1. The standard InChI is InChI=1S/C17H14ClN5O2S2/c18-11-5-6-14(26-9-15-20-17(19)22-21-15)12(8-11)23-27(24)16-7-10-3-1-2-4-13(10)25-16/h1-8,23H,9H2,(H3,19,20,21,22). The molecule has 0 spiro atoms. The molecule has 10 heteroatoms. The molecule has 4 N–H and O–H groups in total. The van der Waals surface area contributed by atoms with Gasteiger partial charge in [-0.05, 0) is 24.3 Å². The van der Waals surface area contributed by atoms with Crippen molar-refractivity contribution in [1.82, 2.24) is 15.2 Å². The van der Waals surface area contributed by atoms with Gasteiger partial charge in [0, 0.05) is 21.4 Å². The average Bonchev–Trinajstić information content (AvgIpc) is 3.27. The minimum atomic E-state index is -1.57. The smallest absolute Gasteiger partial charge is 0.339 e. The number of nitrogen functional groups attached to an aromatic ring is 1. The van der Waals surface area contributed by atoms with E-state index in [0.717, 1.165) is 10.3 Å². The summed E-state index contributed by atoms with van der Waals surface area (Å²) >= 11 is 6.03. The minimum Gasteiger partial charge on any atom is -0.585 e. The lowest BCUT2D eigenvalue weighted by Gasteiger charge is -2.12. The fourth-order valence-corrected chi connectivity index (χ4v) is 4.39. The van der Waals surface area contributed by atoms with Crippen LogP contribution in [0.1, 0.15) is 5.82 Å². The van der Waals surface area contributed by atoms with E-state index < -0.39 is 11.4 Å². The van der Waals surface area contributed by atoms with Crippen LogP contribution >= 0.6 is 23.4 Å². The fraction of sp³-hybridized carbons (Fsp3) is 0.0588. The number of hydrogen-bond donors (Lipinski definition) is 3. The molecule has 2 aromatic heterocycles. The van der Waals surface area contributed by atoms with Crippen molar-refractivity contribution in [2.75, 3.05) is 10.5 Å². The summed E-state index contributed by atoms with van der Waals surface area (Å²) in [6.45, 7) is 0. The SMILES string of the molecule is Nc1nnc(CSc2ccc(Cl)cc2N[S+]([O-])c2cc3ccccc3o2)[nH]1. The first kappa shape index (κ1) is 18.1. The number of nitrogens with zero attached hydrogens (tertiary/aromatic N) is 2. The molecule has 4 rings (SSSR count). The number of hydrogen-bond acceptors (Lipinski definition) is 7. The first-order valence-electron chi connectivity index (χ1n) is 7.85. The molecule has 1 atom stereocenters. The van der Waals surface area contributed by atoms with Gasteiger partial charge in [0.15, 0.2) is 0 Å². The van der Waals surface area contributed by atoms with Crippen molar-refractivity contribution in [3.8, 4) is 0 Å². The molecule has 0 aliphatic heterocycles. The van der Waals surface area contributed by atoms with E-state index in [9.17, 15) is 4.55 Å². The van der Waals surface area contributed by atoms with Crippen molar-refractivity contribution in [3.63, 3.8) is 0 Å². The molecule has 0 bridgehead atoms. The van der Waals surface area contributed by atoms with Crippen LogP contribution in [0, 0.1) is 0 Å². The average molecular weight is 420 g/mol. The van der Waals surface area contributed by atoms with Crippen LogP contribution in [0.5, 0.6) is 0 Å². The molecule has 0 saturated heterocycles. The number of para-hydroxylation sites is 1. The lowest BCUT2D eigenvalue weighted by atomic mass is 10.3. The van der Waals surface area contributed by atoms with Gasteiger partial charge in [0.2, 0.25) is 5.95 Å². The molecule has 1 unspecified atom stereocenters. The molecule has 4 aromatic rings. The van der Waals surface area contributed by atoms with Crippen LogP contribution in [-0.4, -0.2) is 19.7 Å². The summed E-state index contributed by atoms with van der Waals surface area (Å²) in [7, 11) is 0. The van der Waals surface area contributed by atoms with Gasteiger partial charge in [-0.25, -0.2) is 0 Å². The van der Waals surface area contributed by atoms with Gasteiger partial charge in [0.05, 0.1) is 11.4 Å². The number of nitrogens with one attached hydrogen (secondary N) is 2. The molecule has 0 radical (unpaired) electrons. The summed E-state index contributed by atoms with van der Waals surface area (Å²) < 4.78 is 21.4. The maximum atomic E-state index is 12.7. The van der Waals surface area contributed by atoms with Gasteiger partial charge in [-0.15, -0.1) is 22.0 Å². The van der Waals surface area contributed by atoms with Crippen molar-refractivity contribution < 1.29 is 8.97 Å². The van der Waals surface area contributed by atoms with E-state index in [1.165, 1.54) is 11.8 Å². The third-order valence-corrected chi connectivity index (χ3v) is 5.94. The van der Waals surface area contributed by atoms with Crippen molar-refractivity contribution in [2.45, 2.75) is 15.7 Å². The molecule has 2 heterocycles. The summed E-state index contributed by atoms with van der Waals surface area (Å²) in [6, 6.07) is 14.6. The van der Waals surface area contributed by atoms with E-state index in [1.807, 2.05) is 30.3 Å². The molecule has 2 aromatic carbocycles. The van der Waals surface area contributed by atoms with Crippen LogP contribution < -0.4 is 10.5 Å². The van der Waals surface area contributed by atoms with Crippen LogP contribution in [0.25, 0.3) is 11.0 Å². The highest BCUT2D eigenvalue weighted by molar-refractivity contribution is 7.98. The van der Waals surface area contributed by atoms with Gasteiger partial charge < -0.3 is 19.7 Å². The van der Waals surface area contributed by atoms with Crippen LogP contribution in [0.2, 0.25) is 5.02 Å². The number of benzene rings is 2. The Balaban J connectivity index is 1.54. The highest BCUT2D eigenvalue weighted by atomic mass is 35.5. The van der Waals surface area contributed by atoms with Gasteiger partial charge >= 0.3 is 5.09 Å².